The largest absolute Gasteiger partial charge is 0.492 e. The van der Waals surface area contributed by atoms with Gasteiger partial charge in [-0.2, -0.15) is 0 Å². The summed E-state index contributed by atoms with van der Waals surface area (Å²) in [5.74, 6) is 0.691. The van der Waals surface area contributed by atoms with Crippen molar-refractivity contribution in [2.75, 3.05) is 39.3 Å². The lowest BCUT2D eigenvalue weighted by molar-refractivity contribution is -0.385. The van der Waals surface area contributed by atoms with Crippen LogP contribution in [-0.2, 0) is 6.54 Å². The number of hydrogen-bond donors (Lipinski definition) is 0. The van der Waals surface area contributed by atoms with E-state index in [4.69, 9.17) is 4.74 Å². The normalized spacial score (nSPS) is 15.7. The minimum absolute atomic E-state index is 0.131. The van der Waals surface area contributed by atoms with E-state index in [1.165, 1.54) is 11.6 Å². The van der Waals surface area contributed by atoms with E-state index in [0.29, 0.717) is 17.9 Å². The molecule has 0 aromatic heterocycles. The molecule has 2 aromatic carbocycles. The molecule has 6 heteroatoms. The maximum Gasteiger partial charge on any atom is 0.272 e. The zero-order valence-corrected chi connectivity index (χ0v) is 15.1. The molecule has 0 spiro atoms. The summed E-state index contributed by atoms with van der Waals surface area (Å²) in [5, 5.41) is 10.8. The van der Waals surface area contributed by atoms with Crippen LogP contribution >= 0.6 is 0 Å². The van der Waals surface area contributed by atoms with E-state index in [1.807, 2.05) is 6.07 Å². The van der Waals surface area contributed by atoms with Gasteiger partial charge in [-0.25, -0.2) is 0 Å². The molecule has 26 heavy (non-hydrogen) atoms. The van der Waals surface area contributed by atoms with Gasteiger partial charge in [0.05, 0.1) is 4.92 Å². The van der Waals surface area contributed by atoms with Crippen LogP contribution in [0.2, 0.25) is 0 Å². The van der Waals surface area contributed by atoms with Crippen LogP contribution in [0.25, 0.3) is 0 Å². The smallest absolute Gasteiger partial charge is 0.272 e. The molecule has 0 bridgehead atoms. The molecule has 0 atom stereocenters. The average Bonchev–Trinajstić information content (AvgIpc) is 2.64. The summed E-state index contributed by atoms with van der Waals surface area (Å²) in [4.78, 5) is 15.4. The molecule has 0 radical (unpaired) electrons. The highest BCUT2D eigenvalue weighted by Crippen LogP contribution is 2.23. The predicted molar refractivity (Wildman–Crippen MR) is 101 cm³/mol. The number of rotatable bonds is 7. The fraction of sp³-hybridized carbons (Fsp3) is 0.400. The molecule has 1 heterocycles. The van der Waals surface area contributed by atoms with E-state index in [9.17, 15) is 10.1 Å². The van der Waals surface area contributed by atoms with Crippen molar-refractivity contribution in [2.24, 2.45) is 0 Å². The van der Waals surface area contributed by atoms with Crippen LogP contribution in [0.4, 0.5) is 5.69 Å². The van der Waals surface area contributed by atoms with E-state index in [0.717, 1.165) is 39.3 Å². The summed E-state index contributed by atoms with van der Waals surface area (Å²) in [6.45, 7) is 8.40. The number of nitro groups is 1. The maximum absolute atomic E-state index is 10.8. The van der Waals surface area contributed by atoms with Crippen molar-refractivity contribution >= 4 is 5.69 Å². The van der Waals surface area contributed by atoms with Crippen LogP contribution in [0.3, 0.4) is 0 Å². The van der Waals surface area contributed by atoms with Crippen molar-refractivity contribution < 1.29 is 9.66 Å². The molecule has 0 N–H and O–H groups in total. The van der Waals surface area contributed by atoms with E-state index in [1.54, 1.807) is 19.1 Å². The first kappa shape index (κ1) is 18.4. The van der Waals surface area contributed by atoms with Crippen LogP contribution < -0.4 is 4.74 Å². The summed E-state index contributed by atoms with van der Waals surface area (Å²) in [6.07, 6.45) is 0. The van der Waals surface area contributed by atoms with Gasteiger partial charge in [-0.15, -0.1) is 0 Å². The lowest BCUT2D eigenvalue weighted by Gasteiger charge is -2.34. The number of aryl methyl sites for hydroxylation is 1. The summed E-state index contributed by atoms with van der Waals surface area (Å²) in [5.41, 5.74) is 2.12. The van der Waals surface area contributed by atoms with Gasteiger partial charge in [0.15, 0.2) is 0 Å². The highest BCUT2D eigenvalue weighted by molar-refractivity contribution is 5.44. The Bertz CT molecular complexity index is 728. The molecular weight excluding hydrogens is 330 g/mol. The van der Waals surface area contributed by atoms with Gasteiger partial charge in [-0.3, -0.25) is 19.9 Å². The monoisotopic (exact) mass is 355 g/mol. The molecule has 3 rings (SSSR count). The van der Waals surface area contributed by atoms with E-state index >= 15 is 0 Å². The molecule has 0 amide bonds. The number of nitro benzene ring substituents is 1. The number of nitrogens with zero attached hydrogens (tertiary/aromatic N) is 3. The lowest BCUT2D eigenvalue weighted by Crippen LogP contribution is -2.47. The number of hydrogen-bond acceptors (Lipinski definition) is 5. The number of benzene rings is 2. The molecule has 6 nitrogen and oxygen atoms in total. The van der Waals surface area contributed by atoms with E-state index in [-0.39, 0.29) is 10.6 Å². The Morgan fingerprint density at radius 3 is 2.38 bits per heavy atom. The van der Waals surface area contributed by atoms with E-state index < -0.39 is 0 Å². The van der Waals surface area contributed by atoms with Gasteiger partial charge < -0.3 is 4.74 Å². The molecule has 0 saturated carbocycles. The average molecular weight is 355 g/mol. The first-order chi connectivity index (χ1) is 12.6. The van der Waals surface area contributed by atoms with Crippen molar-refractivity contribution in [3.8, 4) is 5.75 Å². The van der Waals surface area contributed by atoms with Crippen molar-refractivity contribution in [2.45, 2.75) is 13.5 Å². The summed E-state index contributed by atoms with van der Waals surface area (Å²) >= 11 is 0. The molecule has 0 aliphatic carbocycles. The second-order valence-electron chi connectivity index (χ2n) is 6.66. The zero-order chi connectivity index (χ0) is 18.4. The van der Waals surface area contributed by atoms with Crippen LogP contribution in [-0.4, -0.2) is 54.1 Å². The van der Waals surface area contributed by atoms with Gasteiger partial charge in [0, 0.05) is 50.9 Å². The third kappa shape index (κ3) is 5.03. The standard InChI is InChI=1S/C20H25N3O3/c1-17-15-19(7-8-20(17)23(24)25)26-14-13-21-9-11-22(12-10-21)16-18-5-3-2-4-6-18/h2-8,15H,9-14,16H2,1H3. The number of ether oxygens (including phenoxy) is 1. The molecule has 1 aliphatic heterocycles. The highest BCUT2D eigenvalue weighted by atomic mass is 16.6. The minimum atomic E-state index is -0.367. The highest BCUT2D eigenvalue weighted by Gasteiger charge is 2.17. The van der Waals surface area contributed by atoms with E-state index in [2.05, 4.69) is 34.1 Å². The van der Waals surface area contributed by atoms with Crippen molar-refractivity contribution in [1.82, 2.24) is 9.80 Å². The topological polar surface area (TPSA) is 58.8 Å². The van der Waals surface area contributed by atoms with Crippen molar-refractivity contribution in [3.63, 3.8) is 0 Å². The minimum Gasteiger partial charge on any atom is -0.492 e. The zero-order valence-electron chi connectivity index (χ0n) is 15.1. The molecule has 2 aromatic rings. The van der Waals surface area contributed by atoms with Crippen molar-refractivity contribution in [3.05, 3.63) is 69.8 Å². The van der Waals surface area contributed by atoms with Gasteiger partial charge in [0.1, 0.15) is 12.4 Å². The lowest BCUT2D eigenvalue weighted by atomic mass is 10.2. The first-order valence-electron chi connectivity index (χ1n) is 8.98. The van der Waals surface area contributed by atoms with Gasteiger partial charge in [0.25, 0.3) is 5.69 Å². The quantitative estimate of drug-likeness (QED) is 0.564. The molecule has 1 aliphatic rings. The molecule has 1 saturated heterocycles. The van der Waals surface area contributed by atoms with Crippen LogP contribution in [0.15, 0.2) is 48.5 Å². The third-order valence-corrected chi connectivity index (χ3v) is 4.76. The molecule has 1 fully saturated rings. The maximum atomic E-state index is 10.8. The summed E-state index contributed by atoms with van der Waals surface area (Å²) in [7, 11) is 0. The predicted octanol–water partition coefficient (Wildman–Crippen LogP) is 3.10. The van der Waals surface area contributed by atoms with Gasteiger partial charge in [-0.05, 0) is 24.6 Å². The van der Waals surface area contributed by atoms with Gasteiger partial charge in [0.2, 0.25) is 0 Å². The fourth-order valence-electron chi connectivity index (χ4n) is 3.23. The van der Waals surface area contributed by atoms with Crippen molar-refractivity contribution in [1.29, 1.82) is 0 Å². The second kappa shape index (κ2) is 8.78. The SMILES string of the molecule is Cc1cc(OCCN2CCN(Cc3ccccc3)CC2)ccc1[N+](=O)[O-]. The third-order valence-electron chi connectivity index (χ3n) is 4.76. The van der Waals surface area contributed by atoms with Crippen LogP contribution in [0.1, 0.15) is 11.1 Å². The first-order valence-corrected chi connectivity index (χ1v) is 8.98. The molecular formula is C20H25N3O3. The Morgan fingerprint density at radius 1 is 1.04 bits per heavy atom. The Balaban J connectivity index is 1.39. The van der Waals surface area contributed by atoms with Crippen LogP contribution in [0, 0.1) is 17.0 Å². The molecule has 0 unspecified atom stereocenters. The summed E-state index contributed by atoms with van der Waals surface area (Å²) in [6, 6.07) is 15.5. The number of piperazine rings is 1. The Labute approximate surface area is 154 Å². The fourth-order valence-corrected chi connectivity index (χ4v) is 3.23. The molecule has 138 valence electrons. The Hall–Kier alpha value is -2.44. The Kier molecular flexibility index (Phi) is 6.20. The van der Waals surface area contributed by atoms with Gasteiger partial charge in [-0.1, -0.05) is 30.3 Å². The summed E-state index contributed by atoms with van der Waals surface area (Å²) < 4.78 is 5.77. The van der Waals surface area contributed by atoms with Gasteiger partial charge >= 0.3 is 0 Å². The Morgan fingerprint density at radius 2 is 1.73 bits per heavy atom. The van der Waals surface area contributed by atoms with Crippen LogP contribution in [0.5, 0.6) is 5.75 Å². The second-order valence-corrected chi connectivity index (χ2v) is 6.66.